The number of piperidine rings is 1. The molecule has 1 N–H and O–H groups in total. The van der Waals surface area contributed by atoms with Crippen molar-refractivity contribution in [2.75, 3.05) is 26.2 Å². The van der Waals surface area contributed by atoms with Crippen LogP contribution in [0.15, 0.2) is 24.5 Å². The van der Waals surface area contributed by atoms with E-state index in [9.17, 15) is 4.79 Å². The van der Waals surface area contributed by atoms with E-state index in [0.717, 1.165) is 51.7 Å². The molecule has 2 fully saturated rings. The Hall–Kier alpha value is -1.46. The minimum atomic E-state index is 0.0563. The topological polar surface area (TPSA) is 54.5 Å². The van der Waals surface area contributed by atoms with E-state index in [-0.39, 0.29) is 12.5 Å². The zero-order valence-corrected chi connectivity index (χ0v) is 15.2. The summed E-state index contributed by atoms with van der Waals surface area (Å²) in [6.07, 6.45) is 13.2. The van der Waals surface area contributed by atoms with Gasteiger partial charge < -0.3 is 15.0 Å². The van der Waals surface area contributed by atoms with Crippen LogP contribution in [0.4, 0.5) is 0 Å². The molecule has 138 valence electrons. The summed E-state index contributed by atoms with van der Waals surface area (Å²) in [6, 6.07) is 4.47. The number of ether oxygens (including phenoxy) is 1. The highest BCUT2D eigenvalue weighted by Crippen LogP contribution is 2.20. The molecule has 3 rings (SSSR count). The first-order valence-electron chi connectivity index (χ1n) is 9.82. The van der Waals surface area contributed by atoms with Crippen LogP contribution in [0.1, 0.15) is 50.5 Å². The number of hydrogen-bond acceptors (Lipinski definition) is 4. The minimum Gasteiger partial charge on any atom is -0.368 e. The Kier molecular flexibility index (Phi) is 7.24. The van der Waals surface area contributed by atoms with Crippen molar-refractivity contribution in [3.05, 3.63) is 30.1 Å². The number of carbonyl (C=O) groups excluding carboxylic acids is 1. The van der Waals surface area contributed by atoms with Crippen LogP contribution in [0.5, 0.6) is 0 Å². The van der Waals surface area contributed by atoms with Crippen molar-refractivity contribution in [3.8, 4) is 0 Å². The zero-order chi connectivity index (χ0) is 17.3. The molecule has 25 heavy (non-hydrogen) atoms. The molecule has 1 aromatic rings. The maximum atomic E-state index is 12.1. The van der Waals surface area contributed by atoms with E-state index in [1.165, 1.54) is 24.8 Å². The Morgan fingerprint density at radius 2 is 1.84 bits per heavy atom. The molecule has 1 saturated carbocycles. The monoisotopic (exact) mass is 345 g/mol. The summed E-state index contributed by atoms with van der Waals surface area (Å²) in [6.45, 7) is 3.42. The molecule has 1 aliphatic carbocycles. The normalized spacial score (nSPS) is 20.5. The third-order valence-electron chi connectivity index (χ3n) is 5.42. The number of amides is 1. The molecule has 0 aromatic carbocycles. The number of pyridine rings is 1. The lowest BCUT2D eigenvalue weighted by atomic mass is 9.98. The van der Waals surface area contributed by atoms with Crippen LogP contribution < -0.4 is 5.32 Å². The van der Waals surface area contributed by atoms with Gasteiger partial charge >= 0.3 is 0 Å². The second-order valence-electron chi connectivity index (χ2n) is 7.36. The molecule has 1 aromatic heterocycles. The van der Waals surface area contributed by atoms with Crippen LogP contribution in [-0.2, 0) is 16.0 Å². The van der Waals surface area contributed by atoms with E-state index in [0.29, 0.717) is 12.1 Å². The lowest BCUT2D eigenvalue weighted by molar-refractivity contribution is -0.129. The van der Waals surface area contributed by atoms with Crippen LogP contribution in [0.2, 0.25) is 0 Å². The first-order valence-corrected chi connectivity index (χ1v) is 9.82. The third kappa shape index (κ3) is 6.40. The number of hydrogen-bond donors (Lipinski definition) is 1. The van der Waals surface area contributed by atoms with Gasteiger partial charge in [0.25, 0.3) is 0 Å². The molecule has 1 aliphatic heterocycles. The molecule has 1 saturated heterocycles. The third-order valence-corrected chi connectivity index (χ3v) is 5.42. The molecule has 0 spiro atoms. The van der Waals surface area contributed by atoms with Crippen LogP contribution in [0.25, 0.3) is 0 Å². The summed E-state index contributed by atoms with van der Waals surface area (Å²) in [5.74, 6) is 0.0563. The summed E-state index contributed by atoms with van der Waals surface area (Å²) >= 11 is 0. The van der Waals surface area contributed by atoms with Gasteiger partial charge in [-0.15, -0.1) is 0 Å². The highest BCUT2D eigenvalue weighted by atomic mass is 16.5. The number of nitrogens with one attached hydrogen (secondary N) is 1. The molecule has 0 radical (unpaired) electrons. The van der Waals surface area contributed by atoms with Crippen molar-refractivity contribution in [1.82, 2.24) is 15.2 Å². The molecule has 5 nitrogen and oxygen atoms in total. The molecular formula is C20H31N3O2. The quantitative estimate of drug-likeness (QED) is 0.825. The van der Waals surface area contributed by atoms with Crippen molar-refractivity contribution in [2.45, 2.75) is 63.5 Å². The van der Waals surface area contributed by atoms with Crippen LogP contribution >= 0.6 is 0 Å². The average Bonchev–Trinajstić information content (AvgIpc) is 2.67. The van der Waals surface area contributed by atoms with Gasteiger partial charge in [-0.3, -0.25) is 9.78 Å². The van der Waals surface area contributed by atoms with Crippen molar-refractivity contribution >= 4 is 5.91 Å². The van der Waals surface area contributed by atoms with Gasteiger partial charge in [-0.05, 0) is 49.8 Å². The Labute approximate surface area is 151 Å². The number of nitrogens with zero attached hydrogens (tertiary/aromatic N) is 2. The summed E-state index contributed by atoms with van der Waals surface area (Å²) in [7, 11) is 0. The molecule has 0 unspecified atom stereocenters. The predicted molar refractivity (Wildman–Crippen MR) is 98.4 cm³/mol. The number of carbonyl (C=O) groups is 1. The van der Waals surface area contributed by atoms with Gasteiger partial charge in [-0.25, -0.2) is 0 Å². The van der Waals surface area contributed by atoms with Gasteiger partial charge in [0.2, 0.25) is 5.91 Å². The highest BCUT2D eigenvalue weighted by molar-refractivity contribution is 5.77. The Balaban J connectivity index is 1.28. The van der Waals surface area contributed by atoms with E-state index in [2.05, 4.69) is 27.3 Å². The maximum Gasteiger partial charge on any atom is 0.246 e. The fraction of sp³-hybridized carbons (Fsp3) is 0.700. The molecule has 2 aliphatic rings. The maximum absolute atomic E-state index is 12.1. The zero-order valence-electron chi connectivity index (χ0n) is 15.2. The van der Waals surface area contributed by atoms with E-state index < -0.39 is 0 Å². The van der Waals surface area contributed by atoms with Crippen LogP contribution in [0, 0.1) is 0 Å². The lowest BCUT2D eigenvalue weighted by Crippen LogP contribution is -2.46. The van der Waals surface area contributed by atoms with Gasteiger partial charge in [0.1, 0.15) is 6.61 Å². The molecule has 5 heteroatoms. The summed E-state index contributed by atoms with van der Waals surface area (Å²) in [5.41, 5.74) is 1.34. The van der Waals surface area contributed by atoms with Gasteiger partial charge in [0.05, 0.1) is 6.10 Å². The SMILES string of the molecule is O=C(COC1CCCCC1)NC1CCN(CCc2ccncc2)CC1. The minimum absolute atomic E-state index is 0.0563. The van der Waals surface area contributed by atoms with Gasteiger partial charge in [-0.2, -0.15) is 0 Å². The first-order chi connectivity index (χ1) is 12.3. The molecular weight excluding hydrogens is 314 g/mol. The van der Waals surface area contributed by atoms with Crippen molar-refractivity contribution in [2.24, 2.45) is 0 Å². The molecule has 0 bridgehead atoms. The highest BCUT2D eigenvalue weighted by Gasteiger charge is 2.21. The number of likely N-dealkylation sites (tertiary alicyclic amines) is 1. The fourth-order valence-corrected chi connectivity index (χ4v) is 3.83. The summed E-state index contributed by atoms with van der Waals surface area (Å²) in [4.78, 5) is 18.6. The largest absolute Gasteiger partial charge is 0.368 e. The summed E-state index contributed by atoms with van der Waals surface area (Å²) in [5, 5.41) is 3.15. The lowest BCUT2D eigenvalue weighted by Gasteiger charge is -2.32. The van der Waals surface area contributed by atoms with Crippen LogP contribution in [-0.4, -0.2) is 54.2 Å². The Bertz CT molecular complexity index is 509. The second-order valence-corrected chi connectivity index (χ2v) is 7.36. The standard InChI is InChI=1S/C20H31N3O2/c24-20(16-25-19-4-2-1-3-5-19)22-18-9-14-23(15-10-18)13-8-17-6-11-21-12-7-17/h6-7,11-12,18-19H,1-5,8-10,13-16H2,(H,22,24). The molecule has 1 amide bonds. The van der Waals surface area contributed by atoms with E-state index in [1.807, 2.05) is 12.4 Å². The van der Waals surface area contributed by atoms with E-state index in [1.54, 1.807) is 0 Å². The van der Waals surface area contributed by atoms with Crippen molar-refractivity contribution in [3.63, 3.8) is 0 Å². The van der Waals surface area contributed by atoms with Crippen molar-refractivity contribution < 1.29 is 9.53 Å². The smallest absolute Gasteiger partial charge is 0.246 e. The van der Waals surface area contributed by atoms with Gasteiger partial charge in [0, 0.05) is 38.1 Å². The van der Waals surface area contributed by atoms with Crippen LogP contribution in [0.3, 0.4) is 0 Å². The van der Waals surface area contributed by atoms with Gasteiger partial charge in [-0.1, -0.05) is 19.3 Å². The van der Waals surface area contributed by atoms with Gasteiger partial charge in [0.15, 0.2) is 0 Å². The fourth-order valence-electron chi connectivity index (χ4n) is 3.83. The molecule has 2 heterocycles. The van der Waals surface area contributed by atoms with Crippen molar-refractivity contribution in [1.29, 1.82) is 0 Å². The molecule has 0 atom stereocenters. The number of rotatable bonds is 7. The number of aromatic nitrogens is 1. The Morgan fingerprint density at radius 1 is 1.12 bits per heavy atom. The van der Waals surface area contributed by atoms with E-state index in [4.69, 9.17) is 4.74 Å². The summed E-state index contributed by atoms with van der Waals surface area (Å²) < 4.78 is 5.77. The second kappa shape index (κ2) is 9.88. The first kappa shape index (κ1) is 18.3. The average molecular weight is 345 g/mol. The Morgan fingerprint density at radius 3 is 2.56 bits per heavy atom. The predicted octanol–water partition coefficient (Wildman–Crippen LogP) is 2.55. The van der Waals surface area contributed by atoms with E-state index >= 15 is 0 Å².